The van der Waals surface area contributed by atoms with E-state index >= 15 is 0 Å². The maximum Gasteiger partial charge on any atom is 0.332 e. The summed E-state index contributed by atoms with van der Waals surface area (Å²) in [7, 11) is 0. The van der Waals surface area contributed by atoms with Gasteiger partial charge in [0.15, 0.2) is 5.52 Å². The fourth-order valence-corrected chi connectivity index (χ4v) is 3.40. The van der Waals surface area contributed by atoms with E-state index in [2.05, 4.69) is 4.98 Å². The molecule has 0 N–H and O–H groups in total. The van der Waals surface area contributed by atoms with E-state index in [0.29, 0.717) is 17.6 Å². The number of benzene rings is 2. The van der Waals surface area contributed by atoms with Crippen LogP contribution >= 0.6 is 0 Å². The Balaban J connectivity index is 1.89. The van der Waals surface area contributed by atoms with Crippen LogP contribution in [0.25, 0.3) is 11.0 Å². The van der Waals surface area contributed by atoms with Gasteiger partial charge in [0, 0.05) is 6.20 Å². The Morgan fingerprint density at radius 2 is 1.54 bits per heavy atom. The molecule has 4 aromatic rings. The highest BCUT2D eigenvalue weighted by Gasteiger charge is 2.14. The van der Waals surface area contributed by atoms with Crippen molar-refractivity contribution < 1.29 is 0 Å². The lowest BCUT2D eigenvalue weighted by Gasteiger charge is -2.14. The Bertz CT molecular complexity index is 1270. The molecule has 4 rings (SSSR count). The molecule has 0 radical (unpaired) electrons. The van der Waals surface area contributed by atoms with E-state index in [1.165, 1.54) is 4.57 Å². The molecule has 28 heavy (non-hydrogen) atoms. The first-order chi connectivity index (χ1) is 13.5. The first kappa shape index (κ1) is 17.9. The van der Waals surface area contributed by atoms with Crippen LogP contribution in [0.4, 0.5) is 0 Å². The van der Waals surface area contributed by atoms with Gasteiger partial charge in [-0.15, -0.1) is 0 Å². The lowest BCUT2D eigenvalue weighted by atomic mass is 10.1. The summed E-state index contributed by atoms with van der Waals surface area (Å²) in [6, 6.07) is 19.4. The van der Waals surface area contributed by atoms with E-state index in [1.54, 1.807) is 22.9 Å². The molecule has 0 saturated carbocycles. The number of nitrogens with zero attached hydrogens (tertiary/aromatic N) is 3. The molecule has 0 bridgehead atoms. The zero-order chi connectivity index (χ0) is 19.7. The standard InChI is InChI=1S/C23H21N3O2/c1-16-8-10-18(11-9-16)14-26-22(27)21-20(7-4-12-24-21)25(23(26)28)15-19-6-3-5-17(2)13-19/h3-13H,14-15H2,1-2H3. The Hall–Kier alpha value is -3.47. The average Bonchev–Trinajstić information content (AvgIpc) is 2.70. The normalized spacial score (nSPS) is 11.1. The zero-order valence-electron chi connectivity index (χ0n) is 15.9. The summed E-state index contributed by atoms with van der Waals surface area (Å²) in [5.41, 5.74) is 4.35. The molecule has 2 aromatic carbocycles. The van der Waals surface area contributed by atoms with Gasteiger partial charge in [0.25, 0.3) is 5.56 Å². The first-order valence-electron chi connectivity index (χ1n) is 9.22. The summed E-state index contributed by atoms with van der Waals surface area (Å²) in [6.45, 7) is 4.63. The van der Waals surface area contributed by atoms with Crippen LogP contribution in [0.5, 0.6) is 0 Å². The molecule has 5 heteroatoms. The predicted octanol–water partition coefficient (Wildman–Crippen LogP) is 3.27. The van der Waals surface area contributed by atoms with Gasteiger partial charge in [0.2, 0.25) is 0 Å². The molecule has 0 fully saturated rings. The van der Waals surface area contributed by atoms with Gasteiger partial charge in [-0.3, -0.25) is 13.9 Å². The number of fused-ring (bicyclic) bond motifs is 1. The molecule has 2 heterocycles. The van der Waals surface area contributed by atoms with Crippen LogP contribution in [0.15, 0.2) is 76.4 Å². The van der Waals surface area contributed by atoms with Crippen molar-refractivity contribution in [2.45, 2.75) is 26.9 Å². The van der Waals surface area contributed by atoms with Crippen molar-refractivity contribution in [3.63, 3.8) is 0 Å². The molecular formula is C23H21N3O2. The molecule has 0 atom stereocenters. The van der Waals surface area contributed by atoms with Gasteiger partial charge >= 0.3 is 5.69 Å². The zero-order valence-corrected chi connectivity index (χ0v) is 15.9. The van der Waals surface area contributed by atoms with Gasteiger partial charge in [-0.1, -0.05) is 59.7 Å². The van der Waals surface area contributed by atoms with Crippen LogP contribution in [0.3, 0.4) is 0 Å². The topological polar surface area (TPSA) is 56.9 Å². The number of hydrogen-bond acceptors (Lipinski definition) is 3. The minimum atomic E-state index is -0.360. The second kappa shape index (κ2) is 7.27. The number of pyridine rings is 1. The summed E-state index contributed by atoms with van der Waals surface area (Å²) in [5.74, 6) is 0. The minimum Gasteiger partial charge on any atom is -0.287 e. The van der Waals surface area contributed by atoms with Crippen molar-refractivity contribution in [2.24, 2.45) is 0 Å². The highest BCUT2D eigenvalue weighted by molar-refractivity contribution is 5.73. The van der Waals surface area contributed by atoms with Gasteiger partial charge in [0.05, 0.1) is 18.6 Å². The van der Waals surface area contributed by atoms with Crippen molar-refractivity contribution in [1.29, 1.82) is 0 Å². The molecule has 0 aliphatic heterocycles. The summed E-state index contributed by atoms with van der Waals surface area (Å²) in [5, 5.41) is 0. The Labute approximate surface area is 162 Å². The van der Waals surface area contributed by atoms with E-state index < -0.39 is 0 Å². The van der Waals surface area contributed by atoms with Crippen molar-refractivity contribution in [3.05, 3.63) is 110 Å². The summed E-state index contributed by atoms with van der Waals surface area (Å²) in [6.07, 6.45) is 1.58. The number of hydrogen-bond donors (Lipinski definition) is 0. The molecule has 0 spiro atoms. The van der Waals surface area contributed by atoms with Crippen molar-refractivity contribution in [3.8, 4) is 0 Å². The summed E-state index contributed by atoms with van der Waals surface area (Å²) in [4.78, 5) is 30.5. The second-order valence-corrected chi connectivity index (χ2v) is 7.11. The fraction of sp³-hybridized carbons (Fsp3) is 0.174. The highest BCUT2D eigenvalue weighted by Crippen LogP contribution is 2.11. The molecule has 5 nitrogen and oxygen atoms in total. The monoisotopic (exact) mass is 371 g/mol. The van der Waals surface area contributed by atoms with E-state index in [4.69, 9.17) is 0 Å². The van der Waals surface area contributed by atoms with Crippen LogP contribution in [0.2, 0.25) is 0 Å². The fourth-order valence-electron chi connectivity index (χ4n) is 3.40. The van der Waals surface area contributed by atoms with E-state index in [0.717, 1.165) is 22.3 Å². The molecule has 0 aliphatic rings. The quantitative estimate of drug-likeness (QED) is 0.553. The number of rotatable bonds is 4. The van der Waals surface area contributed by atoms with Gasteiger partial charge in [-0.25, -0.2) is 9.78 Å². The number of aryl methyl sites for hydroxylation is 2. The van der Waals surface area contributed by atoms with Crippen LogP contribution in [0.1, 0.15) is 22.3 Å². The lowest BCUT2D eigenvalue weighted by molar-refractivity contribution is 0.633. The summed E-state index contributed by atoms with van der Waals surface area (Å²) >= 11 is 0. The molecule has 0 unspecified atom stereocenters. The maximum atomic E-state index is 13.3. The maximum absolute atomic E-state index is 13.3. The smallest absolute Gasteiger partial charge is 0.287 e. The second-order valence-electron chi connectivity index (χ2n) is 7.11. The Morgan fingerprint density at radius 1 is 0.786 bits per heavy atom. The van der Waals surface area contributed by atoms with E-state index in [1.807, 2.05) is 62.4 Å². The molecule has 0 saturated heterocycles. The van der Waals surface area contributed by atoms with Gasteiger partial charge < -0.3 is 0 Å². The molecule has 140 valence electrons. The number of aromatic nitrogens is 3. The minimum absolute atomic E-state index is 0.221. The van der Waals surface area contributed by atoms with Crippen LogP contribution < -0.4 is 11.2 Å². The molecule has 0 aliphatic carbocycles. The van der Waals surface area contributed by atoms with Crippen LogP contribution in [-0.2, 0) is 13.1 Å². The van der Waals surface area contributed by atoms with Crippen molar-refractivity contribution >= 4 is 11.0 Å². The van der Waals surface area contributed by atoms with Gasteiger partial charge in [0.1, 0.15) is 0 Å². The van der Waals surface area contributed by atoms with Crippen molar-refractivity contribution in [2.75, 3.05) is 0 Å². The first-order valence-corrected chi connectivity index (χ1v) is 9.22. The molecular weight excluding hydrogens is 350 g/mol. The third-order valence-electron chi connectivity index (χ3n) is 4.87. The van der Waals surface area contributed by atoms with Crippen molar-refractivity contribution in [1.82, 2.24) is 14.1 Å². The highest BCUT2D eigenvalue weighted by atomic mass is 16.2. The van der Waals surface area contributed by atoms with E-state index in [-0.39, 0.29) is 17.8 Å². The van der Waals surface area contributed by atoms with Crippen LogP contribution in [0, 0.1) is 13.8 Å². The molecule has 0 amide bonds. The lowest BCUT2D eigenvalue weighted by Crippen LogP contribution is -2.40. The van der Waals surface area contributed by atoms with Gasteiger partial charge in [-0.2, -0.15) is 0 Å². The SMILES string of the molecule is Cc1ccc(Cn2c(=O)c3ncccc3n(Cc3cccc(C)c3)c2=O)cc1. The Morgan fingerprint density at radius 3 is 2.29 bits per heavy atom. The largest absolute Gasteiger partial charge is 0.332 e. The Kier molecular flexibility index (Phi) is 4.65. The third kappa shape index (κ3) is 3.39. The average molecular weight is 371 g/mol. The molecule has 2 aromatic heterocycles. The third-order valence-corrected chi connectivity index (χ3v) is 4.87. The van der Waals surface area contributed by atoms with Gasteiger partial charge in [-0.05, 0) is 37.1 Å². The summed E-state index contributed by atoms with van der Waals surface area (Å²) < 4.78 is 2.91. The van der Waals surface area contributed by atoms with E-state index in [9.17, 15) is 9.59 Å². The predicted molar refractivity (Wildman–Crippen MR) is 111 cm³/mol. The van der Waals surface area contributed by atoms with Crippen LogP contribution in [-0.4, -0.2) is 14.1 Å².